The van der Waals surface area contributed by atoms with E-state index < -0.39 is 0 Å². The topological polar surface area (TPSA) is 12.0 Å². The average Bonchev–Trinajstić information content (AvgIpc) is 2.36. The van der Waals surface area contributed by atoms with E-state index in [0.717, 1.165) is 22.5 Å². The van der Waals surface area contributed by atoms with Gasteiger partial charge in [-0.3, -0.25) is 0 Å². The molecule has 68 valence electrons. The SMILES string of the molecule is CC(C)CCNc1ccsc1Cl. The zero-order valence-corrected chi connectivity index (χ0v) is 9.00. The van der Waals surface area contributed by atoms with Crippen molar-refractivity contribution in [3.63, 3.8) is 0 Å². The zero-order chi connectivity index (χ0) is 8.97. The van der Waals surface area contributed by atoms with Crippen molar-refractivity contribution in [1.82, 2.24) is 0 Å². The lowest BCUT2D eigenvalue weighted by atomic mass is 10.1. The van der Waals surface area contributed by atoms with Crippen molar-refractivity contribution < 1.29 is 0 Å². The van der Waals surface area contributed by atoms with Gasteiger partial charge in [0, 0.05) is 6.54 Å². The highest BCUT2D eigenvalue weighted by Crippen LogP contribution is 2.27. The lowest BCUT2D eigenvalue weighted by Gasteiger charge is -2.06. The largest absolute Gasteiger partial charge is 0.383 e. The van der Waals surface area contributed by atoms with Crippen LogP contribution in [0.25, 0.3) is 0 Å². The monoisotopic (exact) mass is 203 g/mol. The Morgan fingerprint density at radius 3 is 2.83 bits per heavy atom. The number of thiophene rings is 1. The molecule has 0 saturated carbocycles. The Morgan fingerprint density at radius 1 is 1.58 bits per heavy atom. The molecule has 1 rings (SSSR count). The van der Waals surface area contributed by atoms with E-state index in [1.807, 2.05) is 11.4 Å². The van der Waals surface area contributed by atoms with Crippen LogP contribution in [-0.2, 0) is 0 Å². The van der Waals surface area contributed by atoms with Crippen molar-refractivity contribution in [1.29, 1.82) is 0 Å². The third-order valence-electron chi connectivity index (χ3n) is 1.66. The van der Waals surface area contributed by atoms with Crippen LogP contribution in [-0.4, -0.2) is 6.54 Å². The number of anilines is 1. The molecular weight excluding hydrogens is 190 g/mol. The first-order valence-corrected chi connectivity index (χ1v) is 5.42. The first kappa shape index (κ1) is 9.87. The molecule has 12 heavy (non-hydrogen) atoms. The van der Waals surface area contributed by atoms with Gasteiger partial charge in [-0.1, -0.05) is 25.4 Å². The highest BCUT2D eigenvalue weighted by molar-refractivity contribution is 7.15. The molecule has 0 atom stereocenters. The van der Waals surface area contributed by atoms with E-state index in [2.05, 4.69) is 19.2 Å². The molecule has 0 amide bonds. The molecule has 0 fully saturated rings. The van der Waals surface area contributed by atoms with Gasteiger partial charge < -0.3 is 5.32 Å². The van der Waals surface area contributed by atoms with Gasteiger partial charge in [-0.05, 0) is 23.8 Å². The lowest BCUT2D eigenvalue weighted by molar-refractivity contribution is 0.607. The average molecular weight is 204 g/mol. The summed E-state index contributed by atoms with van der Waals surface area (Å²) in [4.78, 5) is 0. The summed E-state index contributed by atoms with van der Waals surface area (Å²) in [5.41, 5.74) is 1.07. The predicted octanol–water partition coefficient (Wildman–Crippen LogP) is 3.86. The van der Waals surface area contributed by atoms with E-state index in [1.54, 1.807) is 11.3 Å². The molecule has 0 aromatic carbocycles. The van der Waals surface area contributed by atoms with Gasteiger partial charge in [-0.2, -0.15) is 0 Å². The smallest absolute Gasteiger partial charge is 0.116 e. The van der Waals surface area contributed by atoms with Crippen LogP contribution in [0, 0.1) is 5.92 Å². The molecule has 0 aliphatic carbocycles. The van der Waals surface area contributed by atoms with E-state index >= 15 is 0 Å². The molecule has 1 heterocycles. The Balaban J connectivity index is 2.29. The quantitative estimate of drug-likeness (QED) is 0.784. The van der Waals surface area contributed by atoms with Gasteiger partial charge in [0.1, 0.15) is 4.34 Å². The van der Waals surface area contributed by atoms with E-state index in [1.165, 1.54) is 6.42 Å². The maximum Gasteiger partial charge on any atom is 0.116 e. The van der Waals surface area contributed by atoms with E-state index in [9.17, 15) is 0 Å². The number of rotatable bonds is 4. The molecule has 0 bridgehead atoms. The summed E-state index contributed by atoms with van der Waals surface area (Å²) in [7, 11) is 0. The lowest BCUT2D eigenvalue weighted by Crippen LogP contribution is -2.03. The summed E-state index contributed by atoms with van der Waals surface area (Å²) >= 11 is 7.48. The Labute approximate surface area is 82.7 Å². The van der Waals surface area contributed by atoms with Gasteiger partial charge in [0.2, 0.25) is 0 Å². The second kappa shape index (κ2) is 4.73. The molecule has 0 unspecified atom stereocenters. The molecule has 0 saturated heterocycles. The second-order valence-electron chi connectivity index (χ2n) is 3.22. The van der Waals surface area contributed by atoms with Gasteiger partial charge in [0.15, 0.2) is 0 Å². The minimum Gasteiger partial charge on any atom is -0.383 e. The third-order valence-corrected chi connectivity index (χ3v) is 2.82. The first-order chi connectivity index (χ1) is 5.70. The second-order valence-corrected chi connectivity index (χ2v) is 4.74. The molecule has 0 spiro atoms. The van der Waals surface area contributed by atoms with E-state index in [-0.39, 0.29) is 0 Å². The van der Waals surface area contributed by atoms with Crippen LogP contribution in [0.5, 0.6) is 0 Å². The number of halogens is 1. The summed E-state index contributed by atoms with van der Waals surface area (Å²) in [6, 6.07) is 2.02. The Morgan fingerprint density at radius 2 is 2.33 bits per heavy atom. The number of hydrogen-bond acceptors (Lipinski definition) is 2. The normalized spacial score (nSPS) is 10.7. The molecule has 1 N–H and O–H groups in total. The minimum absolute atomic E-state index is 0.745. The van der Waals surface area contributed by atoms with Crippen LogP contribution < -0.4 is 5.32 Å². The van der Waals surface area contributed by atoms with Crippen molar-refractivity contribution in [3.05, 3.63) is 15.8 Å². The summed E-state index contributed by atoms with van der Waals surface area (Å²) in [5, 5.41) is 5.30. The first-order valence-electron chi connectivity index (χ1n) is 4.17. The summed E-state index contributed by atoms with van der Waals surface area (Å²) in [6.45, 7) is 5.45. The molecular formula is C9H14ClNS. The van der Waals surface area contributed by atoms with Crippen molar-refractivity contribution in [3.8, 4) is 0 Å². The Hall–Kier alpha value is -0.210. The van der Waals surface area contributed by atoms with Gasteiger partial charge in [0.05, 0.1) is 5.69 Å². The van der Waals surface area contributed by atoms with Crippen molar-refractivity contribution in [2.75, 3.05) is 11.9 Å². The Bertz CT molecular complexity index is 232. The van der Waals surface area contributed by atoms with Crippen LogP contribution in [0.1, 0.15) is 20.3 Å². The van der Waals surface area contributed by atoms with Crippen molar-refractivity contribution >= 4 is 28.6 Å². The van der Waals surface area contributed by atoms with E-state index in [0.29, 0.717) is 0 Å². The molecule has 0 aliphatic rings. The fourth-order valence-electron chi connectivity index (χ4n) is 0.915. The maximum absolute atomic E-state index is 5.91. The highest BCUT2D eigenvalue weighted by atomic mass is 35.5. The van der Waals surface area contributed by atoms with Crippen LogP contribution >= 0.6 is 22.9 Å². The van der Waals surface area contributed by atoms with E-state index in [4.69, 9.17) is 11.6 Å². The summed E-state index contributed by atoms with van der Waals surface area (Å²) in [6.07, 6.45) is 1.19. The van der Waals surface area contributed by atoms with Gasteiger partial charge in [0.25, 0.3) is 0 Å². The van der Waals surface area contributed by atoms with Crippen LogP contribution in [0.2, 0.25) is 4.34 Å². The van der Waals surface area contributed by atoms with Gasteiger partial charge >= 0.3 is 0 Å². The molecule has 1 aromatic rings. The van der Waals surface area contributed by atoms with Gasteiger partial charge in [-0.25, -0.2) is 0 Å². The molecule has 0 radical (unpaired) electrons. The summed E-state index contributed by atoms with van der Waals surface area (Å²) in [5.74, 6) is 0.745. The fourth-order valence-corrected chi connectivity index (χ4v) is 1.79. The molecule has 1 aromatic heterocycles. The van der Waals surface area contributed by atoms with Crippen LogP contribution in [0.15, 0.2) is 11.4 Å². The summed E-state index contributed by atoms with van der Waals surface area (Å²) < 4.78 is 0.860. The highest BCUT2D eigenvalue weighted by Gasteiger charge is 1.99. The molecule has 0 aliphatic heterocycles. The minimum atomic E-state index is 0.745. The molecule has 3 heteroatoms. The van der Waals surface area contributed by atoms with Crippen LogP contribution in [0.4, 0.5) is 5.69 Å². The third kappa shape index (κ3) is 3.03. The van der Waals surface area contributed by atoms with Crippen molar-refractivity contribution in [2.45, 2.75) is 20.3 Å². The fraction of sp³-hybridized carbons (Fsp3) is 0.556. The standard InChI is InChI=1S/C9H14ClNS/c1-7(2)3-5-11-8-4-6-12-9(8)10/h4,6-7,11H,3,5H2,1-2H3. The zero-order valence-electron chi connectivity index (χ0n) is 7.43. The van der Waals surface area contributed by atoms with Gasteiger partial charge in [-0.15, -0.1) is 11.3 Å². The van der Waals surface area contributed by atoms with Crippen molar-refractivity contribution in [2.24, 2.45) is 5.92 Å². The number of nitrogens with one attached hydrogen (secondary N) is 1. The number of hydrogen-bond donors (Lipinski definition) is 1. The maximum atomic E-state index is 5.91. The predicted molar refractivity (Wildman–Crippen MR) is 57.3 cm³/mol. The van der Waals surface area contributed by atoms with Crippen LogP contribution in [0.3, 0.4) is 0 Å². The molecule has 1 nitrogen and oxygen atoms in total. The Kier molecular flexibility index (Phi) is 3.89.